The molecule has 2 rings (SSSR count). The Labute approximate surface area is 108 Å². The van der Waals surface area contributed by atoms with Crippen LogP contribution in [0.15, 0.2) is 24.4 Å². The Kier molecular flexibility index (Phi) is 3.36. The first kappa shape index (κ1) is 13.6. The van der Waals surface area contributed by atoms with Gasteiger partial charge in [-0.2, -0.15) is 18.3 Å². The molecule has 0 fully saturated rings. The first-order valence-corrected chi connectivity index (χ1v) is 5.66. The van der Waals surface area contributed by atoms with Gasteiger partial charge in [0, 0.05) is 5.56 Å². The number of aryl methyl sites for hydroxylation is 2. The summed E-state index contributed by atoms with van der Waals surface area (Å²) in [6.45, 7) is 2.92. The van der Waals surface area contributed by atoms with Crippen molar-refractivity contribution in [2.75, 3.05) is 0 Å². The van der Waals surface area contributed by atoms with Crippen LogP contribution in [0.25, 0.3) is 5.69 Å². The fourth-order valence-corrected chi connectivity index (χ4v) is 2.07. The Morgan fingerprint density at radius 1 is 1.16 bits per heavy atom. The summed E-state index contributed by atoms with van der Waals surface area (Å²) in [6, 6.07) is 5.11. The Hall–Kier alpha value is -1.82. The number of aliphatic hydroxyl groups excluding tert-OH is 1. The van der Waals surface area contributed by atoms with Crippen LogP contribution in [0, 0.1) is 13.8 Å². The summed E-state index contributed by atoms with van der Waals surface area (Å²) in [6.07, 6.45) is -3.52. The summed E-state index contributed by atoms with van der Waals surface area (Å²) in [7, 11) is 0. The van der Waals surface area contributed by atoms with Gasteiger partial charge in [0.1, 0.15) is 0 Å². The van der Waals surface area contributed by atoms with Gasteiger partial charge in [0.25, 0.3) is 0 Å². The highest BCUT2D eigenvalue weighted by molar-refractivity contribution is 5.41. The average molecular weight is 270 g/mol. The third-order valence-electron chi connectivity index (χ3n) is 2.73. The molecule has 6 heteroatoms. The number of aliphatic hydroxyl groups is 1. The Balaban J connectivity index is 2.66. The van der Waals surface area contributed by atoms with E-state index in [1.165, 1.54) is 0 Å². The molecule has 3 nitrogen and oxygen atoms in total. The van der Waals surface area contributed by atoms with E-state index in [0.29, 0.717) is 5.69 Å². The number of hydrogen-bond donors (Lipinski definition) is 1. The van der Waals surface area contributed by atoms with Gasteiger partial charge in [-0.15, -0.1) is 0 Å². The fourth-order valence-electron chi connectivity index (χ4n) is 2.07. The minimum absolute atomic E-state index is 0.230. The molecular weight excluding hydrogens is 257 g/mol. The third kappa shape index (κ3) is 2.63. The second kappa shape index (κ2) is 4.70. The van der Waals surface area contributed by atoms with Crippen molar-refractivity contribution in [3.8, 4) is 5.69 Å². The first-order chi connectivity index (χ1) is 8.82. The molecule has 0 radical (unpaired) electrons. The molecule has 0 bridgehead atoms. The first-order valence-electron chi connectivity index (χ1n) is 5.66. The zero-order valence-corrected chi connectivity index (χ0v) is 10.5. The highest BCUT2D eigenvalue weighted by atomic mass is 19.4. The van der Waals surface area contributed by atoms with Gasteiger partial charge < -0.3 is 5.11 Å². The van der Waals surface area contributed by atoms with Crippen molar-refractivity contribution in [3.05, 3.63) is 46.8 Å². The monoisotopic (exact) mass is 270 g/mol. The Morgan fingerprint density at radius 2 is 1.74 bits per heavy atom. The van der Waals surface area contributed by atoms with E-state index < -0.39 is 18.5 Å². The van der Waals surface area contributed by atoms with Crippen molar-refractivity contribution in [2.45, 2.75) is 26.6 Å². The van der Waals surface area contributed by atoms with Crippen LogP contribution in [0.1, 0.15) is 22.4 Å². The van der Waals surface area contributed by atoms with Gasteiger partial charge in [-0.25, -0.2) is 4.68 Å². The van der Waals surface area contributed by atoms with Gasteiger partial charge in [0.15, 0.2) is 5.69 Å². The van der Waals surface area contributed by atoms with E-state index in [1.807, 2.05) is 6.07 Å². The van der Waals surface area contributed by atoms with Crippen molar-refractivity contribution in [1.82, 2.24) is 9.78 Å². The van der Waals surface area contributed by atoms with Gasteiger partial charge in [-0.3, -0.25) is 0 Å². The number of halogens is 3. The van der Waals surface area contributed by atoms with Crippen LogP contribution in [0.2, 0.25) is 0 Å². The lowest BCUT2D eigenvalue weighted by Crippen LogP contribution is -2.15. The quantitative estimate of drug-likeness (QED) is 0.911. The minimum Gasteiger partial charge on any atom is -0.392 e. The van der Waals surface area contributed by atoms with E-state index in [0.717, 1.165) is 22.0 Å². The molecule has 0 aliphatic rings. The topological polar surface area (TPSA) is 38.0 Å². The standard InChI is InChI=1S/C13H13F3N2O/c1-8-3-9(2)5-11(4-8)18-12(13(14,15)16)10(7-19)6-17-18/h3-6,19H,7H2,1-2H3. The molecule has 0 aliphatic carbocycles. The summed E-state index contributed by atoms with van der Waals surface area (Å²) in [5, 5.41) is 12.7. The molecule has 19 heavy (non-hydrogen) atoms. The van der Waals surface area contributed by atoms with E-state index in [4.69, 9.17) is 5.11 Å². The van der Waals surface area contributed by atoms with Crippen molar-refractivity contribution >= 4 is 0 Å². The summed E-state index contributed by atoms with van der Waals surface area (Å²) < 4.78 is 40.0. The number of aromatic nitrogens is 2. The molecular formula is C13H13F3N2O. The smallest absolute Gasteiger partial charge is 0.392 e. The van der Waals surface area contributed by atoms with Gasteiger partial charge in [-0.1, -0.05) is 6.07 Å². The number of benzene rings is 1. The highest BCUT2D eigenvalue weighted by Crippen LogP contribution is 2.33. The second-order valence-corrected chi connectivity index (χ2v) is 4.43. The SMILES string of the molecule is Cc1cc(C)cc(-n2ncc(CO)c2C(F)(F)F)c1. The summed E-state index contributed by atoms with van der Waals surface area (Å²) in [4.78, 5) is 0. The van der Waals surface area contributed by atoms with Crippen molar-refractivity contribution in [2.24, 2.45) is 0 Å². The average Bonchev–Trinajstić information content (AvgIpc) is 2.70. The van der Waals surface area contributed by atoms with Crippen molar-refractivity contribution in [1.29, 1.82) is 0 Å². The van der Waals surface area contributed by atoms with Crippen molar-refractivity contribution in [3.63, 3.8) is 0 Å². The van der Waals surface area contributed by atoms with E-state index in [2.05, 4.69) is 5.10 Å². The molecule has 0 saturated carbocycles. The molecule has 0 spiro atoms. The maximum absolute atomic E-state index is 13.0. The number of rotatable bonds is 2. The molecule has 1 aromatic heterocycles. The number of hydrogen-bond acceptors (Lipinski definition) is 2. The predicted octanol–water partition coefficient (Wildman–Crippen LogP) is 3.00. The van der Waals surface area contributed by atoms with Gasteiger partial charge in [-0.05, 0) is 37.1 Å². The molecule has 1 aromatic carbocycles. The predicted molar refractivity (Wildman–Crippen MR) is 64.0 cm³/mol. The van der Waals surface area contributed by atoms with Crippen LogP contribution < -0.4 is 0 Å². The van der Waals surface area contributed by atoms with E-state index in [-0.39, 0.29) is 5.56 Å². The molecule has 1 N–H and O–H groups in total. The lowest BCUT2D eigenvalue weighted by molar-refractivity contribution is -0.143. The van der Waals surface area contributed by atoms with Crippen molar-refractivity contribution < 1.29 is 18.3 Å². The Bertz CT molecular complexity index is 582. The molecule has 0 aliphatic heterocycles. The maximum Gasteiger partial charge on any atom is 0.433 e. The lowest BCUT2D eigenvalue weighted by Gasteiger charge is -2.13. The van der Waals surface area contributed by atoms with Crippen LogP contribution in [-0.2, 0) is 12.8 Å². The number of nitrogens with zero attached hydrogens (tertiary/aromatic N) is 2. The highest BCUT2D eigenvalue weighted by Gasteiger charge is 2.38. The third-order valence-corrected chi connectivity index (χ3v) is 2.73. The zero-order chi connectivity index (χ0) is 14.2. The van der Waals surface area contributed by atoms with Crippen LogP contribution in [0.5, 0.6) is 0 Å². The molecule has 0 atom stereocenters. The minimum atomic E-state index is -4.56. The molecule has 0 amide bonds. The summed E-state index contributed by atoms with van der Waals surface area (Å²) >= 11 is 0. The lowest BCUT2D eigenvalue weighted by atomic mass is 10.1. The summed E-state index contributed by atoms with van der Waals surface area (Å²) in [5.41, 5.74) is 0.879. The van der Waals surface area contributed by atoms with E-state index >= 15 is 0 Å². The van der Waals surface area contributed by atoms with E-state index in [9.17, 15) is 13.2 Å². The molecule has 2 aromatic rings. The van der Waals surface area contributed by atoms with Crippen LogP contribution in [0.4, 0.5) is 13.2 Å². The van der Waals surface area contributed by atoms with Crippen LogP contribution >= 0.6 is 0 Å². The molecule has 102 valence electrons. The van der Waals surface area contributed by atoms with E-state index in [1.54, 1.807) is 26.0 Å². The van der Waals surface area contributed by atoms with Crippen LogP contribution in [-0.4, -0.2) is 14.9 Å². The largest absolute Gasteiger partial charge is 0.433 e. The fraction of sp³-hybridized carbons (Fsp3) is 0.308. The normalized spacial score (nSPS) is 11.9. The molecule has 0 saturated heterocycles. The molecule has 0 unspecified atom stereocenters. The van der Waals surface area contributed by atoms with Gasteiger partial charge >= 0.3 is 6.18 Å². The second-order valence-electron chi connectivity index (χ2n) is 4.43. The summed E-state index contributed by atoms with van der Waals surface area (Å²) in [5.74, 6) is 0. The van der Waals surface area contributed by atoms with Gasteiger partial charge in [0.05, 0.1) is 18.5 Å². The zero-order valence-electron chi connectivity index (χ0n) is 10.5. The van der Waals surface area contributed by atoms with Gasteiger partial charge in [0.2, 0.25) is 0 Å². The van der Waals surface area contributed by atoms with Crippen LogP contribution in [0.3, 0.4) is 0 Å². The number of alkyl halides is 3. The maximum atomic E-state index is 13.0. The Morgan fingerprint density at radius 3 is 2.21 bits per heavy atom. The molecule has 1 heterocycles.